The first-order valence-corrected chi connectivity index (χ1v) is 9.53. The molecular formula is C20H18FN7O. The maximum atomic E-state index is 13.1. The minimum atomic E-state index is -0.382. The van der Waals surface area contributed by atoms with Gasteiger partial charge in [-0.3, -0.25) is 4.90 Å². The van der Waals surface area contributed by atoms with Gasteiger partial charge in [-0.25, -0.2) is 19.3 Å². The van der Waals surface area contributed by atoms with E-state index in [1.165, 1.54) is 12.3 Å². The van der Waals surface area contributed by atoms with Crippen LogP contribution in [0.15, 0.2) is 41.3 Å². The van der Waals surface area contributed by atoms with Gasteiger partial charge in [0, 0.05) is 44.1 Å². The van der Waals surface area contributed by atoms with Crippen LogP contribution in [0.5, 0.6) is 0 Å². The highest BCUT2D eigenvalue weighted by Gasteiger charge is 2.40. The molecule has 29 heavy (non-hydrogen) atoms. The smallest absolute Gasteiger partial charge is 0.185 e. The van der Waals surface area contributed by atoms with E-state index in [0.717, 1.165) is 38.2 Å². The van der Waals surface area contributed by atoms with E-state index in [1.54, 1.807) is 18.5 Å². The topological polar surface area (TPSA) is 95.0 Å². The van der Waals surface area contributed by atoms with Crippen molar-refractivity contribution in [2.45, 2.75) is 24.9 Å². The Morgan fingerprint density at radius 2 is 2.03 bits per heavy atom. The molecule has 9 heteroatoms. The van der Waals surface area contributed by atoms with Crippen molar-refractivity contribution in [3.8, 4) is 17.5 Å². The maximum absolute atomic E-state index is 13.1. The number of rotatable bonds is 3. The molecule has 2 aliphatic rings. The molecule has 2 aliphatic heterocycles. The zero-order valence-electron chi connectivity index (χ0n) is 15.6. The molecule has 0 bridgehead atoms. The van der Waals surface area contributed by atoms with Gasteiger partial charge in [0.2, 0.25) is 0 Å². The van der Waals surface area contributed by atoms with Crippen molar-refractivity contribution < 1.29 is 8.91 Å². The van der Waals surface area contributed by atoms with Crippen LogP contribution in [-0.2, 0) is 0 Å². The molecule has 2 fully saturated rings. The Bertz CT molecular complexity index is 1060. The van der Waals surface area contributed by atoms with Gasteiger partial charge in [-0.1, -0.05) is 5.16 Å². The predicted octanol–water partition coefficient (Wildman–Crippen LogP) is 2.56. The Morgan fingerprint density at radius 3 is 2.86 bits per heavy atom. The van der Waals surface area contributed by atoms with E-state index in [-0.39, 0.29) is 11.9 Å². The molecule has 146 valence electrons. The van der Waals surface area contributed by atoms with Crippen molar-refractivity contribution in [1.29, 1.82) is 5.26 Å². The van der Waals surface area contributed by atoms with E-state index in [9.17, 15) is 9.65 Å². The summed E-state index contributed by atoms with van der Waals surface area (Å²) in [6.45, 7) is 2.41. The van der Waals surface area contributed by atoms with Crippen LogP contribution in [0, 0.1) is 17.1 Å². The molecule has 0 aliphatic carbocycles. The standard InChI is InChI=1S/C20H18FN7O/c21-13-1-3-15(25-11-13)19-9-16(26-29-19)18-4-2-14-12-27(7-8-28(14)18)20-17(10-22)23-5-6-24-20/h1,3,5-6,9,11,14,18H,2,4,7-8,12H2/t14-,18+/m0/s1. The van der Waals surface area contributed by atoms with Crippen LogP contribution < -0.4 is 4.90 Å². The van der Waals surface area contributed by atoms with Crippen LogP contribution in [0.4, 0.5) is 10.2 Å². The fourth-order valence-corrected chi connectivity index (χ4v) is 4.29. The molecule has 0 spiro atoms. The Hall–Kier alpha value is -3.38. The number of fused-ring (bicyclic) bond motifs is 1. The first-order valence-electron chi connectivity index (χ1n) is 9.53. The summed E-state index contributed by atoms with van der Waals surface area (Å²) in [7, 11) is 0. The quantitative estimate of drug-likeness (QED) is 0.672. The number of pyridine rings is 1. The third-order valence-corrected chi connectivity index (χ3v) is 5.64. The Labute approximate surface area is 166 Å². The molecule has 5 rings (SSSR count). The van der Waals surface area contributed by atoms with Gasteiger partial charge in [-0.05, 0) is 25.0 Å². The van der Waals surface area contributed by atoms with Crippen molar-refractivity contribution in [2.75, 3.05) is 24.5 Å². The minimum absolute atomic E-state index is 0.178. The Morgan fingerprint density at radius 1 is 1.14 bits per heavy atom. The summed E-state index contributed by atoms with van der Waals surface area (Å²) >= 11 is 0. The number of hydrogen-bond donors (Lipinski definition) is 0. The molecule has 0 aromatic carbocycles. The third kappa shape index (κ3) is 3.21. The maximum Gasteiger partial charge on any atom is 0.185 e. The minimum Gasteiger partial charge on any atom is -0.354 e. The molecule has 0 radical (unpaired) electrons. The van der Waals surface area contributed by atoms with Crippen molar-refractivity contribution in [2.24, 2.45) is 0 Å². The van der Waals surface area contributed by atoms with Gasteiger partial charge in [0.25, 0.3) is 0 Å². The van der Waals surface area contributed by atoms with Gasteiger partial charge in [-0.2, -0.15) is 5.26 Å². The molecule has 5 heterocycles. The summed E-state index contributed by atoms with van der Waals surface area (Å²) in [5.41, 5.74) is 1.80. The molecule has 2 saturated heterocycles. The molecular weight excluding hydrogens is 373 g/mol. The zero-order valence-corrected chi connectivity index (χ0v) is 15.6. The average molecular weight is 391 g/mol. The fourth-order valence-electron chi connectivity index (χ4n) is 4.29. The van der Waals surface area contributed by atoms with E-state index in [4.69, 9.17) is 4.52 Å². The van der Waals surface area contributed by atoms with Gasteiger partial charge in [0.05, 0.1) is 12.2 Å². The van der Waals surface area contributed by atoms with Crippen LogP contribution in [0.2, 0.25) is 0 Å². The summed E-state index contributed by atoms with van der Waals surface area (Å²) in [5.74, 6) is 0.817. The highest BCUT2D eigenvalue weighted by molar-refractivity contribution is 5.52. The summed E-state index contributed by atoms with van der Waals surface area (Å²) < 4.78 is 18.6. The molecule has 2 atom stereocenters. The highest BCUT2D eigenvalue weighted by Crippen LogP contribution is 2.39. The lowest BCUT2D eigenvalue weighted by atomic mass is 10.1. The predicted molar refractivity (Wildman–Crippen MR) is 101 cm³/mol. The van der Waals surface area contributed by atoms with E-state index >= 15 is 0 Å². The normalized spacial score (nSPS) is 21.7. The SMILES string of the molecule is N#Cc1nccnc1N1CCN2[C@@H](CC[C@@H]2c2cc(-c3ccc(F)cn3)on2)C1. The molecule has 0 N–H and O–H groups in total. The number of piperazine rings is 1. The van der Waals surface area contributed by atoms with E-state index < -0.39 is 0 Å². The van der Waals surface area contributed by atoms with Crippen molar-refractivity contribution in [3.63, 3.8) is 0 Å². The Kier molecular flexibility index (Phi) is 4.41. The number of halogens is 1. The molecule has 0 saturated carbocycles. The summed E-state index contributed by atoms with van der Waals surface area (Å²) in [6.07, 6.45) is 6.35. The van der Waals surface area contributed by atoms with Crippen molar-refractivity contribution >= 4 is 5.82 Å². The number of aromatic nitrogens is 4. The van der Waals surface area contributed by atoms with E-state index in [0.29, 0.717) is 29.0 Å². The number of hydrogen-bond acceptors (Lipinski definition) is 8. The van der Waals surface area contributed by atoms with Gasteiger partial charge < -0.3 is 9.42 Å². The van der Waals surface area contributed by atoms with Crippen LogP contribution in [0.1, 0.15) is 30.3 Å². The van der Waals surface area contributed by atoms with E-state index in [1.807, 2.05) is 6.07 Å². The molecule has 3 aromatic rings. The Balaban J connectivity index is 1.32. The van der Waals surface area contributed by atoms with Crippen molar-refractivity contribution in [1.82, 2.24) is 25.0 Å². The first-order chi connectivity index (χ1) is 14.2. The third-order valence-electron chi connectivity index (χ3n) is 5.64. The molecule has 0 unspecified atom stereocenters. The lowest BCUT2D eigenvalue weighted by Crippen LogP contribution is -2.51. The van der Waals surface area contributed by atoms with Crippen molar-refractivity contribution in [3.05, 3.63) is 54.0 Å². The van der Waals surface area contributed by atoms with Crippen LogP contribution in [0.25, 0.3) is 11.5 Å². The van der Waals surface area contributed by atoms with Crippen LogP contribution in [-0.4, -0.2) is 50.7 Å². The average Bonchev–Trinajstić information content (AvgIpc) is 3.41. The van der Waals surface area contributed by atoms with Crippen LogP contribution in [0.3, 0.4) is 0 Å². The van der Waals surface area contributed by atoms with Gasteiger partial charge in [-0.15, -0.1) is 0 Å². The second-order valence-corrected chi connectivity index (χ2v) is 7.25. The van der Waals surface area contributed by atoms with Gasteiger partial charge in [0.15, 0.2) is 17.3 Å². The van der Waals surface area contributed by atoms with E-state index in [2.05, 4.69) is 36.0 Å². The van der Waals surface area contributed by atoms with Gasteiger partial charge in [0.1, 0.15) is 23.3 Å². The largest absolute Gasteiger partial charge is 0.354 e. The second kappa shape index (κ2) is 7.22. The number of nitriles is 1. The summed E-state index contributed by atoms with van der Waals surface area (Å²) in [6, 6.07) is 7.50. The molecule has 8 nitrogen and oxygen atoms in total. The lowest BCUT2D eigenvalue weighted by Gasteiger charge is -2.40. The summed E-state index contributed by atoms with van der Waals surface area (Å²) in [5, 5.41) is 13.6. The van der Waals surface area contributed by atoms with Crippen LogP contribution >= 0.6 is 0 Å². The summed E-state index contributed by atoms with van der Waals surface area (Å²) in [4.78, 5) is 17.1. The lowest BCUT2D eigenvalue weighted by molar-refractivity contribution is 0.170. The second-order valence-electron chi connectivity index (χ2n) is 7.25. The van der Waals surface area contributed by atoms with Gasteiger partial charge >= 0.3 is 0 Å². The molecule has 3 aromatic heterocycles. The monoisotopic (exact) mass is 391 g/mol. The fraction of sp³-hybridized carbons (Fsp3) is 0.350. The zero-order chi connectivity index (χ0) is 19.8. The highest BCUT2D eigenvalue weighted by atomic mass is 19.1. The molecule has 0 amide bonds. The number of nitrogens with zero attached hydrogens (tertiary/aromatic N) is 7. The number of anilines is 1. The first kappa shape index (κ1) is 17.7.